The second-order valence-corrected chi connectivity index (χ2v) is 6.41. The number of aryl methyl sites for hydroxylation is 1. The molecule has 0 spiro atoms. The number of benzene rings is 1. The van der Waals surface area contributed by atoms with E-state index in [1.54, 1.807) is 12.1 Å². The molecule has 0 aliphatic rings. The standard InChI is InChI=1S/C13H14FN3OS2/c1-7-8(4-12(20-7)13(18)17-16)6-19-11-5-9(14)2-3-10(11)15/h2-5H,6,15-16H2,1H3,(H,17,18). The molecule has 1 amide bonds. The SMILES string of the molecule is Cc1sc(C(=O)NN)cc1CSc1cc(F)ccc1N. The Hall–Kier alpha value is -1.57. The Kier molecular flexibility index (Phi) is 4.64. The van der Waals surface area contributed by atoms with Crippen LogP contribution < -0.4 is 17.0 Å². The second kappa shape index (κ2) is 6.25. The van der Waals surface area contributed by atoms with Crippen LogP contribution >= 0.6 is 23.1 Å². The molecule has 5 N–H and O–H groups in total. The third kappa shape index (κ3) is 3.30. The lowest BCUT2D eigenvalue weighted by Gasteiger charge is -2.05. The summed E-state index contributed by atoms with van der Waals surface area (Å²) in [4.78, 5) is 13.7. The van der Waals surface area contributed by atoms with Crippen molar-refractivity contribution in [3.05, 3.63) is 45.4 Å². The monoisotopic (exact) mass is 311 g/mol. The van der Waals surface area contributed by atoms with Crippen molar-refractivity contribution in [3.63, 3.8) is 0 Å². The summed E-state index contributed by atoms with van der Waals surface area (Å²) in [5, 5.41) is 0. The van der Waals surface area contributed by atoms with E-state index in [9.17, 15) is 9.18 Å². The van der Waals surface area contributed by atoms with Crippen molar-refractivity contribution >= 4 is 34.7 Å². The van der Waals surface area contributed by atoms with Gasteiger partial charge < -0.3 is 5.73 Å². The number of hydrogen-bond acceptors (Lipinski definition) is 5. The Morgan fingerprint density at radius 2 is 2.20 bits per heavy atom. The van der Waals surface area contributed by atoms with Crippen LogP contribution in [0.25, 0.3) is 0 Å². The van der Waals surface area contributed by atoms with Gasteiger partial charge in [-0.3, -0.25) is 10.2 Å². The van der Waals surface area contributed by atoms with Gasteiger partial charge in [0, 0.05) is 21.2 Å². The molecule has 7 heteroatoms. The number of anilines is 1. The smallest absolute Gasteiger partial charge is 0.275 e. The second-order valence-electron chi connectivity index (χ2n) is 4.14. The number of thiophene rings is 1. The van der Waals surface area contributed by atoms with Gasteiger partial charge in [-0.25, -0.2) is 10.2 Å². The Labute approximate surface area is 124 Å². The maximum atomic E-state index is 13.2. The van der Waals surface area contributed by atoms with Crippen molar-refractivity contribution in [2.75, 3.05) is 5.73 Å². The first-order valence-electron chi connectivity index (χ1n) is 5.79. The zero-order valence-electron chi connectivity index (χ0n) is 10.8. The average Bonchev–Trinajstić information content (AvgIpc) is 2.80. The van der Waals surface area contributed by atoms with Gasteiger partial charge in [0.05, 0.1) is 4.88 Å². The molecule has 1 aromatic heterocycles. The maximum Gasteiger partial charge on any atom is 0.275 e. The lowest BCUT2D eigenvalue weighted by molar-refractivity contribution is 0.0957. The fourth-order valence-corrected chi connectivity index (χ4v) is 3.71. The van der Waals surface area contributed by atoms with E-state index in [2.05, 4.69) is 5.43 Å². The van der Waals surface area contributed by atoms with Crippen LogP contribution in [-0.4, -0.2) is 5.91 Å². The lowest BCUT2D eigenvalue weighted by atomic mass is 10.3. The average molecular weight is 311 g/mol. The van der Waals surface area contributed by atoms with Gasteiger partial charge in [0.15, 0.2) is 0 Å². The minimum absolute atomic E-state index is 0.306. The third-order valence-corrected chi connectivity index (χ3v) is 4.95. The first-order valence-corrected chi connectivity index (χ1v) is 7.59. The number of carbonyl (C=O) groups excluding carboxylic acids is 1. The number of hydrazine groups is 1. The lowest BCUT2D eigenvalue weighted by Crippen LogP contribution is -2.29. The highest BCUT2D eigenvalue weighted by molar-refractivity contribution is 7.98. The van der Waals surface area contributed by atoms with Crippen molar-refractivity contribution in [1.29, 1.82) is 0 Å². The van der Waals surface area contributed by atoms with E-state index in [1.165, 1.54) is 35.2 Å². The maximum absolute atomic E-state index is 13.2. The van der Waals surface area contributed by atoms with Crippen molar-refractivity contribution in [2.45, 2.75) is 17.6 Å². The number of hydrogen-bond donors (Lipinski definition) is 3. The summed E-state index contributed by atoms with van der Waals surface area (Å²) in [6.45, 7) is 1.93. The minimum atomic E-state index is -0.313. The summed E-state index contributed by atoms with van der Waals surface area (Å²) in [5.41, 5.74) is 9.47. The molecule has 2 rings (SSSR count). The highest BCUT2D eigenvalue weighted by Crippen LogP contribution is 2.32. The predicted octanol–water partition coefficient (Wildman–Crippen LogP) is 2.67. The molecule has 0 bridgehead atoms. The number of nitrogen functional groups attached to an aromatic ring is 2. The van der Waals surface area contributed by atoms with Crippen LogP contribution in [0.15, 0.2) is 29.2 Å². The molecule has 0 aliphatic heterocycles. The molecule has 0 saturated carbocycles. The van der Waals surface area contributed by atoms with Gasteiger partial charge in [0.25, 0.3) is 5.91 Å². The number of carbonyl (C=O) groups is 1. The molecule has 0 radical (unpaired) electrons. The van der Waals surface area contributed by atoms with Crippen molar-refractivity contribution < 1.29 is 9.18 Å². The van der Waals surface area contributed by atoms with Crippen LogP contribution in [0, 0.1) is 12.7 Å². The van der Waals surface area contributed by atoms with E-state index in [0.29, 0.717) is 21.2 Å². The summed E-state index contributed by atoms with van der Waals surface area (Å²) in [6, 6.07) is 6.09. The van der Waals surface area contributed by atoms with Gasteiger partial charge in [0.1, 0.15) is 5.82 Å². The van der Waals surface area contributed by atoms with E-state index in [-0.39, 0.29) is 11.7 Å². The summed E-state index contributed by atoms with van der Waals surface area (Å²) >= 11 is 2.82. The molecule has 106 valence electrons. The molecule has 0 fully saturated rings. The van der Waals surface area contributed by atoms with Gasteiger partial charge in [-0.15, -0.1) is 23.1 Å². The summed E-state index contributed by atoms with van der Waals surface area (Å²) < 4.78 is 13.2. The van der Waals surface area contributed by atoms with Crippen LogP contribution in [0.1, 0.15) is 20.1 Å². The highest BCUT2D eigenvalue weighted by atomic mass is 32.2. The number of rotatable bonds is 4. The van der Waals surface area contributed by atoms with Gasteiger partial charge in [-0.1, -0.05) is 0 Å². The van der Waals surface area contributed by atoms with E-state index < -0.39 is 0 Å². The Balaban J connectivity index is 2.13. The molecular formula is C13H14FN3OS2. The van der Waals surface area contributed by atoms with Crippen LogP contribution in [0.5, 0.6) is 0 Å². The molecule has 0 unspecified atom stereocenters. The highest BCUT2D eigenvalue weighted by Gasteiger charge is 2.12. The van der Waals surface area contributed by atoms with Gasteiger partial charge >= 0.3 is 0 Å². The molecule has 2 aromatic rings. The molecule has 20 heavy (non-hydrogen) atoms. The summed E-state index contributed by atoms with van der Waals surface area (Å²) in [6.07, 6.45) is 0. The molecular weight excluding hydrogens is 297 g/mol. The quantitative estimate of drug-likeness (QED) is 0.267. The van der Waals surface area contributed by atoms with E-state index >= 15 is 0 Å². The molecule has 0 atom stereocenters. The summed E-state index contributed by atoms with van der Waals surface area (Å²) in [7, 11) is 0. The van der Waals surface area contributed by atoms with Crippen LogP contribution in [-0.2, 0) is 5.75 Å². The van der Waals surface area contributed by atoms with Gasteiger partial charge in [-0.2, -0.15) is 0 Å². The number of halogens is 1. The topological polar surface area (TPSA) is 81.1 Å². The third-order valence-electron chi connectivity index (χ3n) is 2.73. The molecule has 0 saturated heterocycles. The summed E-state index contributed by atoms with van der Waals surface area (Å²) in [5.74, 6) is 5.11. The zero-order valence-corrected chi connectivity index (χ0v) is 12.4. The van der Waals surface area contributed by atoms with Crippen LogP contribution in [0.3, 0.4) is 0 Å². The molecule has 4 nitrogen and oxygen atoms in total. The van der Waals surface area contributed by atoms with Crippen molar-refractivity contribution in [3.8, 4) is 0 Å². The van der Waals surface area contributed by atoms with E-state index in [4.69, 9.17) is 11.6 Å². The zero-order chi connectivity index (χ0) is 14.7. The Morgan fingerprint density at radius 3 is 2.90 bits per heavy atom. The first kappa shape index (κ1) is 14.8. The van der Waals surface area contributed by atoms with Crippen LogP contribution in [0.2, 0.25) is 0 Å². The molecule has 1 aromatic carbocycles. The first-order chi connectivity index (χ1) is 9.51. The number of thioether (sulfide) groups is 1. The van der Waals surface area contributed by atoms with E-state index in [1.807, 2.05) is 6.92 Å². The number of nitrogens with one attached hydrogen (secondary N) is 1. The fourth-order valence-electron chi connectivity index (χ4n) is 1.63. The minimum Gasteiger partial charge on any atom is -0.398 e. The van der Waals surface area contributed by atoms with E-state index in [0.717, 1.165) is 10.4 Å². The van der Waals surface area contributed by atoms with Gasteiger partial charge in [0.2, 0.25) is 0 Å². The van der Waals surface area contributed by atoms with Crippen LogP contribution in [0.4, 0.5) is 10.1 Å². The predicted molar refractivity (Wildman–Crippen MR) is 81.1 cm³/mol. The Bertz CT molecular complexity index is 643. The number of amides is 1. The number of nitrogens with two attached hydrogens (primary N) is 2. The Morgan fingerprint density at radius 1 is 1.45 bits per heavy atom. The van der Waals surface area contributed by atoms with Crippen molar-refractivity contribution in [1.82, 2.24) is 5.43 Å². The van der Waals surface area contributed by atoms with Crippen molar-refractivity contribution in [2.24, 2.45) is 5.84 Å². The molecule has 1 heterocycles. The normalized spacial score (nSPS) is 10.6. The molecule has 0 aliphatic carbocycles. The largest absolute Gasteiger partial charge is 0.398 e. The fraction of sp³-hybridized carbons (Fsp3) is 0.154. The van der Waals surface area contributed by atoms with Gasteiger partial charge in [-0.05, 0) is 36.8 Å².